The molecular weight excluding hydrogens is 364 g/mol. The Bertz CT molecular complexity index is 911. The van der Waals surface area contributed by atoms with Crippen molar-refractivity contribution in [1.29, 1.82) is 0 Å². The zero-order chi connectivity index (χ0) is 19.9. The van der Waals surface area contributed by atoms with Crippen LogP contribution < -0.4 is 5.32 Å². The van der Waals surface area contributed by atoms with E-state index in [1.165, 1.54) is 5.56 Å². The number of hydrogen-bond donors (Lipinski definition) is 1. The molecule has 0 spiro atoms. The molecule has 0 radical (unpaired) electrons. The lowest BCUT2D eigenvalue weighted by molar-refractivity contribution is 0.180. The normalized spacial score (nSPS) is 16.1. The van der Waals surface area contributed by atoms with Crippen molar-refractivity contribution in [2.24, 2.45) is 0 Å². The molecule has 2 amide bonds. The van der Waals surface area contributed by atoms with Crippen LogP contribution in [-0.4, -0.2) is 27.6 Å². The third-order valence-corrected chi connectivity index (χ3v) is 5.28. The van der Waals surface area contributed by atoms with Gasteiger partial charge in [-0.15, -0.1) is 0 Å². The molecular formula is C23H26N4O2. The summed E-state index contributed by atoms with van der Waals surface area (Å²) in [6.07, 6.45) is 4.52. The first-order chi connectivity index (χ1) is 14.3. The molecule has 1 aromatic heterocycles. The minimum Gasteiger partial charge on any atom is -0.337 e. The zero-order valence-electron chi connectivity index (χ0n) is 16.5. The van der Waals surface area contributed by atoms with Crippen molar-refractivity contribution in [3.05, 3.63) is 83.5 Å². The van der Waals surface area contributed by atoms with E-state index >= 15 is 0 Å². The average molecular weight is 390 g/mol. The molecule has 2 aromatic carbocycles. The van der Waals surface area contributed by atoms with Gasteiger partial charge in [0.2, 0.25) is 5.89 Å². The number of nitrogens with one attached hydrogen (secondary N) is 1. The number of carbonyl (C=O) groups excluding carboxylic acids is 1. The van der Waals surface area contributed by atoms with Gasteiger partial charge in [0.1, 0.15) is 6.04 Å². The molecule has 6 nitrogen and oxygen atoms in total. The van der Waals surface area contributed by atoms with Crippen LogP contribution in [0.2, 0.25) is 0 Å². The van der Waals surface area contributed by atoms with E-state index in [0.717, 1.165) is 37.7 Å². The van der Waals surface area contributed by atoms with E-state index < -0.39 is 0 Å². The number of benzene rings is 2. The molecule has 1 fully saturated rings. The molecule has 0 bridgehead atoms. The predicted octanol–water partition coefficient (Wildman–Crippen LogP) is 4.29. The maximum atomic E-state index is 12.7. The van der Waals surface area contributed by atoms with Crippen LogP contribution in [0.25, 0.3) is 0 Å². The lowest BCUT2D eigenvalue weighted by Gasteiger charge is -2.22. The second-order valence-corrected chi connectivity index (χ2v) is 7.38. The summed E-state index contributed by atoms with van der Waals surface area (Å²) in [4.78, 5) is 19.0. The van der Waals surface area contributed by atoms with Gasteiger partial charge in [-0.3, -0.25) is 0 Å². The summed E-state index contributed by atoms with van der Waals surface area (Å²) in [5.74, 6) is 1.26. The van der Waals surface area contributed by atoms with E-state index in [0.29, 0.717) is 24.8 Å². The fourth-order valence-corrected chi connectivity index (χ4v) is 3.74. The number of nitrogens with zero attached hydrogens (tertiary/aromatic N) is 3. The number of rotatable bonds is 7. The van der Waals surface area contributed by atoms with Gasteiger partial charge in [0.15, 0.2) is 5.82 Å². The van der Waals surface area contributed by atoms with Crippen LogP contribution in [0, 0.1) is 0 Å². The van der Waals surface area contributed by atoms with Crippen molar-refractivity contribution in [2.45, 2.75) is 44.7 Å². The standard InChI is InChI=1S/C23H26N4O2/c28-23(24-17-19-11-5-2-6-12-19)27-16-8-14-20(27)22-25-21(26-29-22)15-7-13-18-9-3-1-4-10-18/h1-6,9-12,20H,7-8,13-17H2,(H,24,28)/t20-/m0/s1. The van der Waals surface area contributed by atoms with E-state index in [9.17, 15) is 4.79 Å². The number of carbonyl (C=O) groups is 1. The maximum absolute atomic E-state index is 12.7. The summed E-state index contributed by atoms with van der Waals surface area (Å²) in [7, 11) is 0. The molecule has 0 saturated carbocycles. The first kappa shape index (κ1) is 19.2. The number of urea groups is 1. The van der Waals surface area contributed by atoms with Crippen LogP contribution in [-0.2, 0) is 19.4 Å². The van der Waals surface area contributed by atoms with Crippen LogP contribution >= 0.6 is 0 Å². The topological polar surface area (TPSA) is 71.3 Å². The third-order valence-electron chi connectivity index (χ3n) is 5.28. The second-order valence-electron chi connectivity index (χ2n) is 7.38. The van der Waals surface area contributed by atoms with Gasteiger partial charge in [-0.05, 0) is 36.8 Å². The average Bonchev–Trinajstić information content (AvgIpc) is 3.43. The Balaban J connectivity index is 1.31. The SMILES string of the molecule is O=C(NCc1ccccc1)N1CCC[C@H]1c1nc(CCCc2ccccc2)no1. The second kappa shape index (κ2) is 9.37. The molecule has 1 aliphatic heterocycles. The van der Waals surface area contributed by atoms with E-state index in [2.05, 4.69) is 39.7 Å². The molecule has 1 atom stereocenters. The Morgan fingerprint density at radius 1 is 1.03 bits per heavy atom. The van der Waals surface area contributed by atoms with Crippen molar-refractivity contribution in [3.8, 4) is 0 Å². The summed E-state index contributed by atoms with van der Waals surface area (Å²) in [5, 5.41) is 7.13. The maximum Gasteiger partial charge on any atom is 0.318 e. The molecule has 2 heterocycles. The minimum absolute atomic E-state index is 0.0832. The van der Waals surface area contributed by atoms with Gasteiger partial charge in [0.25, 0.3) is 0 Å². The highest BCUT2D eigenvalue weighted by atomic mass is 16.5. The van der Waals surface area contributed by atoms with Gasteiger partial charge in [0, 0.05) is 19.5 Å². The Hall–Kier alpha value is -3.15. The Kier molecular flexibility index (Phi) is 6.19. The van der Waals surface area contributed by atoms with Crippen LogP contribution in [0.4, 0.5) is 4.79 Å². The Morgan fingerprint density at radius 3 is 2.52 bits per heavy atom. The molecule has 0 aliphatic carbocycles. The minimum atomic E-state index is -0.138. The zero-order valence-corrected chi connectivity index (χ0v) is 16.5. The highest BCUT2D eigenvalue weighted by Gasteiger charge is 2.33. The number of amides is 2. The van der Waals surface area contributed by atoms with Gasteiger partial charge >= 0.3 is 6.03 Å². The van der Waals surface area contributed by atoms with Crippen LogP contribution in [0.1, 0.15) is 48.1 Å². The Morgan fingerprint density at radius 2 is 1.76 bits per heavy atom. The van der Waals surface area contributed by atoms with Gasteiger partial charge in [-0.2, -0.15) is 4.98 Å². The highest BCUT2D eigenvalue weighted by Crippen LogP contribution is 2.31. The number of hydrogen-bond acceptors (Lipinski definition) is 4. The van der Waals surface area contributed by atoms with Gasteiger partial charge in [-0.25, -0.2) is 4.79 Å². The van der Waals surface area contributed by atoms with Gasteiger partial charge in [-0.1, -0.05) is 65.8 Å². The fourth-order valence-electron chi connectivity index (χ4n) is 3.74. The van der Waals surface area contributed by atoms with Crippen molar-refractivity contribution >= 4 is 6.03 Å². The summed E-state index contributed by atoms with van der Waals surface area (Å²) in [6.45, 7) is 1.22. The molecule has 6 heteroatoms. The van der Waals surface area contributed by atoms with Crippen LogP contribution in [0.5, 0.6) is 0 Å². The van der Waals surface area contributed by atoms with E-state index in [1.54, 1.807) is 0 Å². The monoisotopic (exact) mass is 390 g/mol. The number of aryl methyl sites for hydroxylation is 2. The number of likely N-dealkylation sites (tertiary alicyclic amines) is 1. The first-order valence-electron chi connectivity index (χ1n) is 10.2. The Labute approximate surface area is 170 Å². The van der Waals surface area contributed by atoms with Crippen LogP contribution in [0.3, 0.4) is 0 Å². The van der Waals surface area contributed by atoms with Crippen LogP contribution in [0.15, 0.2) is 65.2 Å². The molecule has 150 valence electrons. The van der Waals surface area contributed by atoms with Crippen molar-refractivity contribution < 1.29 is 9.32 Å². The quantitative estimate of drug-likeness (QED) is 0.653. The highest BCUT2D eigenvalue weighted by molar-refractivity contribution is 5.74. The van der Waals surface area contributed by atoms with Gasteiger partial charge < -0.3 is 14.7 Å². The van der Waals surface area contributed by atoms with Gasteiger partial charge in [0.05, 0.1) is 0 Å². The van der Waals surface area contributed by atoms with E-state index in [-0.39, 0.29) is 12.1 Å². The summed E-state index contributed by atoms with van der Waals surface area (Å²) in [5.41, 5.74) is 2.39. The lowest BCUT2D eigenvalue weighted by Crippen LogP contribution is -2.39. The molecule has 0 unspecified atom stereocenters. The molecule has 1 saturated heterocycles. The smallest absolute Gasteiger partial charge is 0.318 e. The summed E-state index contributed by atoms with van der Waals surface area (Å²) < 4.78 is 5.51. The molecule has 1 N–H and O–H groups in total. The van der Waals surface area contributed by atoms with Crippen molar-refractivity contribution in [2.75, 3.05) is 6.54 Å². The lowest BCUT2D eigenvalue weighted by atomic mass is 10.1. The summed E-state index contributed by atoms with van der Waals surface area (Å²) in [6, 6.07) is 20.1. The first-order valence-corrected chi connectivity index (χ1v) is 10.2. The summed E-state index contributed by atoms with van der Waals surface area (Å²) >= 11 is 0. The fraction of sp³-hybridized carbons (Fsp3) is 0.348. The molecule has 3 aromatic rings. The van der Waals surface area contributed by atoms with Crippen molar-refractivity contribution in [3.63, 3.8) is 0 Å². The molecule has 29 heavy (non-hydrogen) atoms. The molecule has 1 aliphatic rings. The van der Waals surface area contributed by atoms with E-state index in [1.807, 2.05) is 41.3 Å². The molecule has 4 rings (SSSR count). The largest absolute Gasteiger partial charge is 0.337 e. The number of aromatic nitrogens is 2. The third kappa shape index (κ3) is 5.02. The van der Waals surface area contributed by atoms with E-state index in [4.69, 9.17) is 4.52 Å². The predicted molar refractivity (Wildman–Crippen MR) is 110 cm³/mol. The van der Waals surface area contributed by atoms with Crippen molar-refractivity contribution in [1.82, 2.24) is 20.4 Å².